The van der Waals surface area contributed by atoms with Gasteiger partial charge in [-0.05, 0) is 31.2 Å². The summed E-state index contributed by atoms with van der Waals surface area (Å²) in [7, 11) is -2.27. The third kappa shape index (κ3) is 6.29. The number of amides is 1. The molecule has 1 aromatic carbocycles. The van der Waals surface area contributed by atoms with E-state index in [1.54, 1.807) is 6.92 Å². The van der Waals surface area contributed by atoms with Crippen LogP contribution in [0.3, 0.4) is 0 Å². The third-order valence-corrected chi connectivity index (χ3v) is 4.70. The van der Waals surface area contributed by atoms with Gasteiger partial charge in [0.25, 0.3) is 5.91 Å². The average Bonchev–Trinajstić information content (AvgIpc) is 2.52. The first-order chi connectivity index (χ1) is 11.6. The van der Waals surface area contributed by atoms with Crippen LogP contribution in [0.4, 0.5) is 0 Å². The highest BCUT2D eigenvalue weighted by molar-refractivity contribution is 7.89. The van der Waals surface area contributed by atoms with Crippen molar-refractivity contribution in [1.82, 2.24) is 10.0 Å². The molecule has 1 amide bonds. The third-order valence-electron chi connectivity index (χ3n) is 3.26. The molecule has 0 fully saturated rings. The van der Waals surface area contributed by atoms with Crippen molar-refractivity contribution in [3.63, 3.8) is 0 Å². The summed E-state index contributed by atoms with van der Waals surface area (Å²) >= 11 is 0. The van der Waals surface area contributed by atoms with Crippen molar-refractivity contribution < 1.29 is 27.9 Å². The Bertz CT molecular complexity index is 729. The molecule has 0 spiro atoms. The Kier molecular flexibility index (Phi) is 7.28. The van der Waals surface area contributed by atoms with Crippen LogP contribution in [0.5, 0.6) is 0 Å². The van der Waals surface area contributed by atoms with Crippen molar-refractivity contribution in [3.05, 3.63) is 42.5 Å². The molecule has 1 unspecified atom stereocenters. The number of nitrogens with one attached hydrogen (secondary N) is 2. The Hall–Kier alpha value is -2.23. The molecule has 0 saturated heterocycles. The number of rotatable bonds is 10. The predicted molar refractivity (Wildman–Crippen MR) is 91.8 cm³/mol. The fraction of sp³-hybridized carbons (Fsp3) is 0.375. The van der Waals surface area contributed by atoms with E-state index in [9.17, 15) is 18.0 Å². The standard InChI is InChI=1S/C16H22N2O6S/c1-4-9-17-25(22,23)13-7-5-12(6-8-13)15(21)18-16(2,11-24-3)10-14(19)20/h4-8,17H,1,9-11H2,2-3H3,(H,18,21)(H,19,20). The van der Waals surface area contributed by atoms with Crippen LogP contribution < -0.4 is 10.0 Å². The van der Waals surface area contributed by atoms with Gasteiger partial charge in [-0.2, -0.15) is 0 Å². The molecule has 138 valence electrons. The molecule has 1 aromatic rings. The van der Waals surface area contributed by atoms with E-state index in [2.05, 4.69) is 16.6 Å². The van der Waals surface area contributed by atoms with Crippen molar-refractivity contribution in [2.24, 2.45) is 0 Å². The van der Waals surface area contributed by atoms with Gasteiger partial charge in [0, 0.05) is 19.2 Å². The Morgan fingerprint density at radius 2 is 1.92 bits per heavy atom. The van der Waals surface area contributed by atoms with Crippen LogP contribution in [-0.2, 0) is 19.6 Å². The van der Waals surface area contributed by atoms with Gasteiger partial charge >= 0.3 is 5.97 Å². The Balaban J connectivity index is 2.92. The molecule has 25 heavy (non-hydrogen) atoms. The second-order valence-corrected chi connectivity index (χ2v) is 7.45. The lowest BCUT2D eigenvalue weighted by atomic mass is 9.98. The smallest absolute Gasteiger partial charge is 0.305 e. The molecule has 0 bridgehead atoms. The van der Waals surface area contributed by atoms with Crippen LogP contribution >= 0.6 is 0 Å². The lowest BCUT2D eigenvalue weighted by Crippen LogP contribution is -2.50. The second kappa shape index (κ2) is 8.75. The Morgan fingerprint density at radius 3 is 2.40 bits per heavy atom. The zero-order valence-corrected chi connectivity index (χ0v) is 14.9. The van der Waals surface area contributed by atoms with Gasteiger partial charge in [-0.1, -0.05) is 6.08 Å². The Labute approximate surface area is 146 Å². The maximum absolute atomic E-state index is 12.3. The fourth-order valence-electron chi connectivity index (χ4n) is 2.17. The van der Waals surface area contributed by atoms with E-state index in [1.807, 2.05) is 0 Å². The minimum absolute atomic E-state index is 0.0103. The van der Waals surface area contributed by atoms with Crippen molar-refractivity contribution >= 4 is 21.9 Å². The summed E-state index contributed by atoms with van der Waals surface area (Å²) in [4.78, 5) is 23.3. The lowest BCUT2D eigenvalue weighted by Gasteiger charge is -2.28. The molecule has 0 aliphatic heterocycles. The van der Waals surface area contributed by atoms with Crippen LogP contribution in [0, 0.1) is 0 Å². The van der Waals surface area contributed by atoms with E-state index in [4.69, 9.17) is 9.84 Å². The number of hydrogen-bond donors (Lipinski definition) is 3. The average molecular weight is 370 g/mol. The summed E-state index contributed by atoms with van der Waals surface area (Å²) in [5, 5.41) is 11.6. The van der Waals surface area contributed by atoms with E-state index in [0.717, 1.165) is 0 Å². The number of methoxy groups -OCH3 is 1. The summed E-state index contributed by atoms with van der Waals surface area (Å²) in [6.07, 6.45) is 1.10. The molecule has 0 saturated carbocycles. The maximum Gasteiger partial charge on any atom is 0.305 e. The van der Waals surface area contributed by atoms with E-state index in [-0.39, 0.29) is 30.0 Å². The quantitative estimate of drug-likeness (QED) is 0.523. The fourth-order valence-corrected chi connectivity index (χ4v) is 3.17. The molecule has 1 atom stereocenters. The van der Waals surface area contributed by atoms with Crippen molar-refractivity contribution in [3.8, 4) is 0 Å². The molecular formula is C16H22N2O6S. The van der Waals surface area contributed by atoms with E-state index in [1.165, 1.54) is 37.5 Å². The van der Waals surface area contributed by atoms with Gasteiger partial charge in [0.15, 0.2) is 0 Å². The van der Waals surface area contributed by atoms with Crippen LogP contribution in [0.25, 0.3) is 0 Å². The number of benzene rings is 1. The van der Waals surface area contributed by atoms with E-state index in [0.29, 0.717) is 0 Å². The predicted octanol–water partition coefficient (Wildman–Crippen LogP) is 0.761. The van der Waals surface area contributed by atoms with Gasteiger partial charge in [-0.3, -0.25) is 9.59 Å². The van der Waals surface area contributed by atoms with Crippen molar-refractivity contribution in [2.45, 2.75) is 23.8 Å². The first kappa shape index (κ1) is 20.8. The molecular weight excluding hydrogens is 348 g/mol. The molecule has 0 heterocycles. The molecule has 0 aromatic heterocycles. The topological polar surface area (TPSA) is 122 Å². The highest BCUT2D eigenvalue weighted by Crippen LogP contribution is 2.14. The summed E-state index contributed by atoms with van der Waals surface area (Å²) < 4.78 is 31.2. The number of hydrogen-bond acceptors (Lipinski definition) is 5. The van der Waals surface area contributed by atoms with Crippen LogP contribution in [0.15, 0.2) is 41.8 Å². The second-order valence-electron chi connectivity index (χ2n) is 5.68. The summed E-state index contributed by atoms with van der Waals surface area (Å²) in [6, 6.07) is 5.30. The molecule has 1 rings (SSSR count). The molecule has 9 heteroatoms. The maximum atomic E-state index is 12.3. The number of carboxylic acid groups (broad SMARTS) is 1. The van der Waals surface area contributed by atoms with E-state index >= 15 is 0 Å². The first-order valence-electron chi connectivity index (χ1n) is 7.37. The first-order valence-corrected chi connectivity index (χ1v) is 8.86. The minimum atomic E-state index is -3.68. The van der Waals surface area contributed by atoms with Crippen molar-refractivity contribution in [1.29, 1.82) is 0 Å². The summed E-state index contributed by atoms with van der Waals surface area (Å²) in [5.74, 6) is -1.60. The normalized spacial score (nSPS) is 13.7. The largest absolute Gasteiger partial charge is 0.481 e. The van der Waals surface area contributed by atoms with Gasteiger partial charge in [0.1, 0.15) is 0 Å². The SMILES string of the molecule is C=CCNS(=O)(=O)c1ccc(C(=O)NC(C)(COC)CC(=O)O)cc1. The van der Waals surface area contributed by atoms with Gasteiger partial charge in [-0.25, -0.2) is 13.1 Å². The van der Waals surface area contributed by atoms with Gasteiger partial charge in [0.05, 0.1) is 23.5 Å². The highest BCUT2D eigenvalue weighted by atomic mass is 32.2. The zero-order valence-electron chi connectivity index (χ0n) is 14.1. The highest BCUT2D eigenvalue weighted by Gasteiger charge is 2.30. The number of sulfonamides is 1. The molecule has 0 radical (unpaired) electrons. The van der Waals surface area contributed by atoms with Crippen LogP contribution in [-0.4, -0.2) is 51.2 Å². The zero-order chi connectivity index (χ0) is 19.1. The number of carboxylic acids is 1. The van der Waals surface area contributed by atoms with Crippen molar-refractivity contribution in [2.75, 3.05) is 20.3 Å². The van der Waals surface area contributed by atoms with Crippen LogP contribution in [0.1, 0.15) is 23.7 Å². The van der Waals surface area contributed by atoms with E-state index < -0.39 is 27.4 Å². The van der Waals surface area contributed by atoms with Crippen LogP contribution in [0.2, 0.25) is 0 Å². The van der Waals surface area contributed by atoms with Gasteiger partial charge in [0.2, 0.25) is 10.0 Å². The lowest BCUT2D eigenvalue weighted by molar-refractivity contribution is -0.139. The summed E-state index contributed by atoms with van der Waals surface area (Å²) in [6.45, 7) is 5.10. The minimum Gasteiger partial charge on any atom is -0.481 e. The Morgan fingerprint density at radius 1 is 1.32 bits per heavy atom. The number of aliphatic carboxylic acids is 1. The molecule has 0 aliphatic carbocycles. The summed E-state index contributed by atoms with van der Waals surface area (Å²) in [5.41, 5.74) is -0.885. The molecule has 3 N–H and O–H groups in total. The monoisotopic (exact) mass is 370 g/mol. The number of carbonyl (C=O) groups is 2. The molecule has 8 nitrogen and oxygen atoms in total. The number of carbonyl (C=O) groups excluding carboxylic acids is 1. The number of ether oxygens (including phenoxy) is 1. The van der Waals surface area contributed by atoms with Gasteiger partial charge < -0.3 is 15.2 Å². The molecule has 0 aliphatic rings. The van der Waals surface area contributed by atoms with Gasteiger partial charge in [-0.15, -0.1) is 6.58 Å².